The van der Waals surface area contributed by atoms with Gasteiger partial charge in [-0.3, -0.25) is 0 Å². The molecule has 2 aromatic rings. The van der Waals surface area contributed by atoms with Crippen LogP contribution in [0.2, 0.25) is 0 Å². The van der Waals surface area contributed by atoms with E-state index in [9.17, 15) is 4.79 Å². The molecular weight excluding hydrogens is 324 g/mol. The fraction of sp³-hybridized carbons (Fsp3) is 0.524. The van der Waals surface area contributed by atoms with Gasteiger partial charge >= 0.3 is 6.03 Å². The Kier molecular flexibility index (Phi) is 4.05. The standard InChI is InChI=1S/C21H28N4O/c1-20(2)16-9-10-21(20,3)18(13-16)24-19(26)22-14-15-5-7-17(8-6-15)25-12-4-11-23-25/h4-8,11-12,16,18H,9-10,13-14H2,1-3H3,(H2,22,24,26)/t16-,18-,21-/m0/s1. The Morgan fingerprint density at radius 1 is 1.27 bits per heavy atom. The molecule has 138 valence electrons. The summed E-state index contributed by atoms with van der Waals surface area (Å²) in [5, 5.41) is 10.5. The zero-order valence-electron chi connectivity index (χ0n) is 15.8. The summed E-state index contributed by atoms with van der Waals surface area (Å²) in [6.07, 6.45) is 7.29. The van der Waals surface area contributed by atoms with Gasteiger partial charge in [-0.25, -0.2) is 9.48 Å². The lowest BCUT2D eigenvalue weighted by molar-refractivity contribution is 0.123. The van der Waals surface area contributed by atoms with Crippen LogP contribution in [0.1, 0.15) is 45.6 Å². The van der Waals surface area contributed by atoms with Crippen molar-refractivity contribution in [3.63, 3.8) is 0 Å². The van der Waals surface area contributed by atoms with E-state index >= 15 is 0 Å². The SMILES string of the molecule is CC1(C)[C@H]2CC[C@@]1(C)[C@@H](NC(=O)NCc1ccc(-n3cccn3)cc1)C2. The van der Waals surface area contributed by atoms with Gasteiger partial charge in [0.1, 0.15) is 0 Å². The quantitative estimate of drug-likeness (QED) is 0.877. The first-order chi connectivity index (χ1) is 12.4. The van der Waals surface area contributed by atoms with Crippen LogP contribution in [0.4, 0.5) is 4.79 Å². The van der Waals surface area contributed by atoms with Gasteiger partial charge in [0.15, 0.2) is 0 Å². The van der Waals surface area contributed by atoms with Crippen molar-refractivity contribution in [2.45, 2.75) is 52.6 Å². The Morgan fingerprint density at radius 3 is 2.62 bits per heavy atom. The predicted molar refractivity (Wildman–Crippen MR) is 102 cm³/mol. The van der Waals surface area contributed by atoms with Crippen molar-refractivity contribution in [3.05, 3.63) is 48.3 Å². The van der Waals surface area contributed by atoms with E-state index in [1.54, 1.807) is 6.20 Å². The monoisotopic (exact) mass is 352 g/mol. The molecule has 1 heterocycles. The predicted octanol–water partition coefficient (Wildman–Crippen LogP) is 3.89. The third-order valence-corrected chi connectivity index (χ3v) is 7.26. The molecule has 0 unspecified atom stereocenters. The second-order valence-electron chi connectivity index (χ2n) is 8.61. The number of hydrogen-bond donors (Lipinski definition) is 2. The van der Waals surface area contributed by atoms with Crippen molar-refractivity contribution < 1.29 is 4.79 Å². The van der Waals surface area contributed by atoms with Gasteiger partial charge in [-0.15, -0.1) is 0 Å². The van der Waals surface area contributed by atoms with Gasteiger partial charge < -0.3 is 10.6 Å². The number of aromatic nitrogens is 2. The number of carbonyl (C=O) groups excluding carboxylic acids is 1. The van der Waals surface area contributed by atoms with Crippen LogP contribution in [0, 0.1) is 16.7 Å². The third-order valence-electron chi connectivity index (χ3n) is 7.26. The molecule has 2 saturated carbocycles. The number of nitrogens with zero attached hydrogens (tertiary/aromatic N) is 2. The summed E-state index contributed by atoms with van der Waals surface area (Å²) in [5.74, 6) is 0.729. The fourth-order valence-electron chi connectivity index (χ4n) is 5.00. The van der Waals surface area contributed by atoms with E-state index in [4.69, 9.17) is 0 Å². The molecule has 5 nitrogen and oxygen atoms in total. The Balaban J connectivity index is 1.32. The number of fused-ring (bicyclic) bond motifs is 2. The van der Waals surface area contributed by atoms with Gasteiger partial charge in [-0.1, -0.05) is 32.9 Å². The highest BCUT2D eigenvalue weighted by atomic mass is 16.2. The van der Waals surface area contributed by atoms with Crippen LogP contribution < -0.4 is 10.6 Å². The summed E-state index contributed by atoms with van der Waals surface area (Å²) in [6, 6.07) is 10.2. The van der Waals surface area contributed by atoms with E-state index < -0.39 is 0 Å². The van der Waals surface area contributed by atoms with Crippen LogP contribution in [0.15, 0.2) is 42.7 Å². The van der Waals surface area contributed by atoms with Crippen molar-refractivity contribution in [3.8, 4) is 5.69 Å². The molecule has 2 amide bonds. The van der Waals surface area contributed by atoms with Gasteiger partial charge in [0.2, 0.25) is 0 Å². The van der Waals surface area contributed by atoms with Crippen LogP contribution in [0.5, 0.6) is 0 Å². The number of hydrogen-bond acceptors (Lipinski definition) is 2. The average molecular weight is 352 g/mol. The molecule has 4 rings (SSSR count). The highest BCUT2D eigenvalue weighted by Crippen LogP contribution is 2.65. The zero-order chi connectivity index (χ0) is 18.4. The lowest BCUT2D eigenvalue weighted by Gasteiger charge is -2.39. The van der Waals surface area contributed by atoms with Crippen LogP contribution in [0.3, 0.4) is 0 Å². The van der Waals surface area contributed by atoms with Crippen molar-refractivity contribution in [1.82, 2.24) is 20.4 Å². The summed E-state index contributed by atoms with van der Waals surface area (Å²) >= 11 is 0. The summed E-state index contributed by atoms with van der Waals surface area (Å²) in [5.41, 5.74) is 2.61. The maximum absolute atomic E-state index is 12.4. The lowest BCUT2D eigenvalue weighted by atomic mass is 9.69. The van der Waals surface area contributed by atoms with E-state index in [1.807, 2.05) is 41.2 Å². The van der Waals surface area contributed by atoms with Gasteiger partial charge in [0, 0.05) is 25.0 Å². The maximum atomic E-state index is 12.4. The minimum absolute atomic E-state index is 0.0595. The van der Waals surface area contributed by atoms with Crippen LogP contribution >= 0.6 is 0 Å². The second-order valence-corrected chi connectivity index (χ2v) is 8.61. The lowest BCUT2D eigenvalue weighted by Crippen LogP contribution is -2.49. The van der Waals surface area contributed by atoms with Crippen molar-refractivity contribution in [2.75, 3.05) is 0 Å². The first-order valence-corrected chi connectivity index (χ1v) is 9.53. The van der Waals surface area contributed by atoms with E-state index in [0.29, 0.717) is 12.0 Å². The number of carbonyl (C=O) groups is 1. The molecule has 26 heavy (non-hydrogen) atoms. The summed E-state index contributed by atoms with van der Waals surface area (Å²) in [4.78, 5) is 12.4. The molecule has 1 aromatic carbocycles. The second kappa shape index (κ2) is 6.15. The first kappa shape index (κ1) is 17.1. The van der Waals surface area contributed by atoms with Crippen LogP contribution in [-0.2, 0) is 6.54 Å². The maximum Gasteiger partial charge on any atom is 0.315 e. The number of benzene rings is 1. The molecule has 1 aromatic heterocycles. The van der Waals surface area contributed by atoms with Gasteiger partial charge in [-0.2, -0.15) is 5.10 Å². The van der Waals surface area contributed by atoms with Crippen molar-refractivity contribution >= 4 is 6.03 Å². The third kappa shape index (κ3) is 2.70. The molecule has 0 radical (unpaired) electrons. The number of rotatable bonds is 4. The van der Waals surface area contributed by atoms with Crippen molar-refractivity contribution in [2.24, 2.45) is 16.7 Å². The highest BCUT2D eigenvalue weighted by molar-refractivity contribution is 5.74. The number of nitrogens with one attached hydrogen (secondary N) is 2. The highest BCUT2D eigenvalue weighted by Gasteiger charge is 2.61. The van der Waals surface area contributed by atoms with E-state index in [2.05, 4.69) is 36.5 Å². The Hall–Kier alpha value is -2.30. The molecule has 0 saturated heterocycles. The van der Waals surface area contributed by atoms with E-state index in [1.165, 1.54) is 12.8 Å². The summed E-state index contributed by atoms with van der Waals surface area (Å²) < 4.78 is 1.82. The normalized spacial score (nSPS) is 28.9. The molecular formula is C21H28N4O. The Labute approximate surface area is 155 Å². The fourth-order valence-corrected chi connectivity index (χ4v) is 5.00. The van der Waals surface area contributed by atoms with E-state index in [-0.39, 0.29) is 17.5 Å². The molecule has 2 aliphatic carbocycles. The Bertz CT molecular complexity index is 781. The molecule has 2 aliphatic rings. The number of amides is 2. The topological polar surface area (TPSA) is 59.0 Å². The zero-order valence-corrected chi connectivity index (χ0v) is 15.8. The minimum Gasteiger partial charge on any atom is -0.335 e. The van der Waals surface area contributed by atoms with Crippen LogP contribution in [-0.4, -0.2) is 21.9 Å². The van der Waals surface area contributed by atoms with Crippen molar-refractivity contribution in [1.29, 1.82) is 0 Å². The molecule has 2 bridgehead atoms. The Morgan fingerprint density at radius 2 is 2.04 bits per heavy atom. The first-order valence-electron chi connectivity index (χ1n) is 9.53. The summed E-state index contributed by atoms with van der Waals surface area (Å²) in [7, 11) is 0. The molecule has 3 atom stereocenters. The smallest absolute Gasteiger partial charge is 0.315 e. The van der Waals surface area contributed by atoms with Crippen LogP contribution in [0.25, 0.3) is 5.69 Å². The largest absolute Gasteiger partial charge is 0.335 e. The van der Waals surface area contributed by atoms with Gasteiger partial charge in [0.25, 0.3) is 0 Å². The van der Waals surface area contributed by atoms with Gasteiger partial charge in [-0.05, 0) is 59.8 Å². The van der Waals surface area contributed by atoms with E-state index in [0.717, 1.165) is 23.6 Å². The number of urea groups is 1. The molecule has 0 spiro atoms. The van der Waals surface area contributed by atoms with Gasteiger partial charge in [0.05, 0.1) is 5.69 Å². The molecule has 2 fully saturated rings. The molecule has 2 N–H and O–H groups in total. The molecule has 0 aliphatic heterocycles. The molecule has 5 heteroatoms. The average Bonchev–Trinajstić information content (AvgIpc) is 3.27. The minimum atomic E-state index is -0.0595. The summed E-state index contributed by atoms with van der Waals surface area (Å²) in [6.45, 7) is 7.61.